The summed E-state index contributed by atoms with van der Waals surface area (Å²) in [4.78, 5) is 21.4. The summed E-state index contributed by atoms with van der Waals surface area (Å²) in [6.45, 7) is 15.2. The van der Waals surface area contributed by atoms with Crippen LogP contribution in [0.25, 0.3) is 0 Å². The fourth-order valence-electron chi connectivity index (χ4n) is 2.44. The Morgan fingerprint density at radius 1 is 0.955 bits per heavy atom. The van der Waals surface area contributed by atoms with Gasteiger partial charge in [0, 0.05) is 0 Å². The van der Waals surface area contributed by atoms with Gasteiger partial charge in [-0.3, -0.25) is 0 Å². The van der Waals surface area contributed by atoms with Crippen molar-refractivity contribution in [2.45, 2.75) is 59.3 Å². The van der Waals surface area contributed by atoms with Crippen LogP contribution in [0.2, 0.25) is 0 Å². The van der Waals surface area contributed by atoms with Crippen LogP contribution >= 0.6 is 7.28 Å². The van der Waals surface area contributed by atoms with E-state index in [0.717, 1.165) is 0 Å². The molecule has 1 aromatic rings. The zero-order chi connectivity index (χ0) is 17.6. The summed E-state index contributed by atoms with van der Waals surface area (Å²) in [5.41, 5.74) is 0.722. The number of benzene rings is 1. The standard InChI is InChI=1S/C17H31O4P/c1-9-21-22(8,19,20)12-10-13(16(2,3)4)15(18)14(11-12)17(5,6)7/h10-11,18-20H,9H2,1-8H3. The van der Waals surface area contributed by atoms with E-state index in [2.05, 4.69) is 0 Å². The Kier molecular flexibility index (Phi) is 4.80. The average molecular weight is 330 g/mol. The predicted molar refractivity (Wildman–Crippen MR) is 94.0 cm³/mol. The molecule has 1 aromatic carbocycles. The molecule has 0 aliphatic heterocycles. The molecular formula is C17H31O4P. The third-order valence-electron chi connectivity index (χ3n) is 3.74. The Bertz CT molecular complexity index is 522. The van der Waals surface area contributed by atoms with E-state index in [4.69, 9.17) is 4.52 Å². The van der Waals surface area contributed by atoms with Gasteiger partial charge < -0.3 is 0 Å². The molecule has 0 bridgehead atoms. The van der Waals surface area contributed by atoms with E-state index in [0.29, 0.717) is 16.4 Å². The Morgan fingerprint density at radius 2 is 1.32 bits per heavy atom. The third-order valence-corrected chi connectivity index (χ3v) is 6.07. The molecule has 4 nitrogen and oxygen atoms in total. The second-order valence-corrected chi connectivity index (χ2v) is 11.6. The van der Waals surface area contributed by atoms with E-state index in [-0.39, 0.29) is 23.2 Å². The average Bonchev–Trinajstić information content (AvgIpc) is 2.24. The van der Waals surface area contributed by atoms with Crippen molar-refractivity contribution >= 4 is 12.6 Å². The molecule has 128 valence electrons. The first kappa shape index (κ1) is 19.4. The van der Waals surface area contributed by atoms with Crippen molar-refractivity contribution in [2.75, 3.05) is 13.3 Å². The molecule has 0 saturated heterocycles. The summed E-state index contributed by atoms with van der Waals surface area (Å²) in [5.74, 6) is 0.215. The molecular weight excluding hydrogens is 299 g/mol. The summed E-state index contributed by atoms with van der Waals surface area (Å²) in [7, 11) is -4.41. The second kappa shape index (κ2) is 5.45. The van der Waals surface area contributed by atoms with Crippen molar-refractivity contribution in [3.63, 3.8) is 0 Å². The van der Waals surface area contributed by atoms with Crippen molar-refractivity contribution in [3.05, 3.63) is 23.3 Å². The van der Waals surface area contributed by atoms with Crippen molar-refractivity contribution in [3.8, 4) is 5.75 Å². The molecule has 22 heavy (non-hydrogen) atoms. The van der Waals surface area contributed by atoms with Crippen LogP contribution in [0, 0.1) is 0 Å². The monoisotopic (exact) mass is 330 g/mol. The van der Waals surface area contributed by atoms with Gasteiger partial charge in [0.2, 0.25) is 0 Å². The number of phenolic OH excluding ortho intramolecular Hbond substituents is 1. The van der Waals surface area contributed by atoms with E-state index in [9.17, 15) is 14.9 Å². The molecule has 0 saturated carbocycles. The first-order chi connectivity index (χ1) is 9.58. The van der Waals surface area contributed by atoms with Crippen molar-refractivity contribution in [1.82, 2.24) is 0 Å². The van der Waals surface area contributed by atoms with E-state index >= 15 is 0 Å². The number of hydrogen-bond donors (Lipinski definition) is 3. The van der Waals surface area contributed by atoms with E-state index in [1.54, 1.807) is 19.1 Å². The molecule has 0 radical (unpaired) electrons. The normalized spacial score (nSPS) is 15.5. The van der Waals surface area contributed by atoms with Crippen LogP contribution in [0.1, 0.15) is 59.6 Å². The topological polar surface area (TPSA) is 69.9 Å². The van der Waals surface area contributed by atoms with E-state index in [1.807, 2.05) is 41.5 Å². The summed E-state index contributed by atoms with van der Waals surface area (Å²) >= 11 is 0. The van der Waals surface area contributed by atoms with Crippen molar-refractivity contribution in [1.29, 1.82) is 0 Å². The third kappa shape index (κ3) is 3.99. The zero-order valence-electron chi connectivity index (χ0n) is 15.1. The van der Waals surface area contributed by atoms with Gasteiger partial charge in [0.05, 0.1) is 0 Å². The van der Waals surface area contributed by atoms with Gasteiger partial charge in [-0.2, -0.15) is 0 Å². The Morgan fingerprint density at radius 3 is 1.59 bits per heavy atom. The van der Waals surface area contributed by atoms with Crippen LogP contribution in [-0.4, -0.2) is 28.2 Å². The number of hydrogen-bond acceptors (Lipinski definition) is 4. The molecule has 0 atom stereocenters. The molecule has 0 amide bonds. The van der Waals surface area contributed by atoms with Gasteiger partial charge in [0.25, 0.3) is 0 Å². The van der Waals surface area contributed by atoms with Gasteiger partial charge in [-0.05, 0) is 0 Å². The summed E-state index contributed by atoms with van der Waals surface area (Å²) in [6.07, 6.45) is 0. The fraction of sp³-hybridized carbons (Fsp3) is 0.647. The van der Waals surface area contributed by atoms with E-state index < -0.39 is 7.28 Å². The minimum absolute atomic E-state index is 0.206. The first-order valence-corrected chi connectivity index (χ1v) is 10.1. The molecule has 1 rings (SSSR count). The van der Waals surface area contributed by atoms with Gasteiger partial charge >= 0.3 is 134 Å². The molecule has 0 aliphatic rings. The first-order valence-electron chi connectivity index (χ1n) is 7.63. The summed E-state index contributed by atoms with van der Waals surface area (Å²) in [5, 5.41) is 11.0. The van der Waals surface area contributed by atoms with Gasteiger partial charge in [0.15, 0.2) is 0 Å². The quantitative estimate of drug-likeness (QED) is 0.741. The Hall–Kier alpha value is -0.670. The maximum absolute atomic E-state index is 10.7. The molecule has 0 fully saturated rings. The fourth-order valence-corrected chi connectivity index (χ4v) is 4.06. The van der Waals surface area contributed by atoms with Crippen LogP contribution in [0.15, 0.2) is 12.1 Å². The zero-order valence-corrected chi connectivity index (χ0v) is 16.0. The van der Waals surface area contributed by atoms with Gasteiger partial charge in [-0.1, -0.05) is 0 Å². The van der Waals surface area contributed by atoms with Crippen molar-refractivity contribution in [2.24, 2.45) is 0 Å². The predicted octanol–water partition coefficient (Wildman–Crippen LogP) is 3.56. The van der Waals surface area contributed by atoms with Crippen LogP contribution in [0.3, 0.4) is 0 Å². The molecule has 0 aliphatic carbocycles. The van der Waals surface area contributed by atoms with Gasteiger partial charge in [0.1, 0.15) is 0 Å². The summed E-state index contributed by atoms with van der Waals surface area (Å²) < 4.78 is 5.34. The van der Waals surface area contributed by atoms with Crippen molar-refractivity contribution < 1.29 is 19.4 Å². The van der Waals surface area contributed by atoms with Crippen LogP contribution in [0.5, 0.6) is 5.75 Å². The number of rotatable bonds is 3. The second-order valence-electron chi connectivity index (χ2n) is 8.16. The Labute approximate surface area is 134 Å². The molecule has 0 heterocycles. The molecule has 5 heteroatoms. The molecule has 0 aromatic heterocycles. The number of phenols is 1. The Balaban J connectivity index is 3.77. The molecule has 0 spiro atoms. The minimum atomic E-state index is -4.41. The molecule has 3 N–H and O–H groups in total. The van der Waals surface area contributed by atoms with Gasteiger partial charge in [-0.15, -0.1) is 0 Å². The number of aromatic hydroxyl groups is 1. The van der Waals surface area contributed by atoms with Crippen LogP contribution in [-0.2, 0) is 15.4 Å². The van der Waals surface area contributed by atoms with Crippen LogP contribution < -0.4 is 5.30 Å². The van der Waals surface area contributed by atoms with Crippen LogP contribution in [0.4, 0.5) is 0 Å². The van der Waals surface area contributed by atoms with Gasteiger partial charge in [-0.25, -0.2) is 0 Å². The van der Waals surface area contributed by atoms with E-state index in [1.165, 1.54) is 6.66 Å². The SMILES string of the molecule is CCOP(C)(O)(O)c1cc(C(C)(C)C)c(O)c(C(C)(C)C)c1. The molecule has 0 unspecified atom stereocenters. The summed E-state index contributed by atoms with van der Waals surface area (Å²) in [6, 6.07) is 3.33. The maximum atomic E-state index is 10.7.